The Labute approximate surface area is 97.9 Å². The molecule has 0 amide bonds. The molecule has 2 nitrogen and oxygen atoms in total. The maximum absolute atomic E-state index is 6.11. The highest BCUT2D eigenvalue weighted by molar-refractivity contribution is 6.45. The van der Waals surface area contributed by atoms with Crippen LogP contribution >= 0.6 is 23.2 Å². The Hall–Kier alpha value is -0.800. The molecule has 0 unspecified atom stereocenters. The fourth-order valence-corrected chi connectivity index (χ4v) is 1.92. The van der Waals surface area contributed by atoms with Crippen molar-refractivity contribution in [3.8, 4) is 0 Å². The van der Waals surface area contributed by atoms with E-state index in [4.69, 9.17) is 29.0 Å². The van der Waals surface area contributed by atoms with Gasteiger partial charge in [-0.2, -0.15) is 0 Å². The summed E-state index contributed by atoms with van der Waals surface area (Å²) in [6, 6.07) is 9.75. The average Bonchev–Trinajstić information content (AvgIpc) is 2.25. The molecular formula is C11H10Cl2N2. The minimum Gasteiger partial charge on any atom is -0.271 e. The molecule has 0 aliphatic carbocycles. The van der Waals surface area contributed by atoms with E-state index in [1.54, 1.807) is 6.07 Å². The van der Waals surface area contributed by atoms with Gasteiger partial charge in [-0.05, 0) is 23.1 Å². The van der Waals surface area contributed by atoms with Crippen LogP contribution in [0.4, 0.5) is 0 Å². The highest BCUT2D eigenvalue weighted by Gasteiger charge is 2.04. The van der Waals surface area contributed by atoms with Crippen molar-refractivity contribution < 1.29 is 0 Å². The number of hydrazine groups is 1. The third-order valence-electron chi connectivity index (χ3n) is 2.28. The molecule has 0 saturated heterocycles. The maximum atomic E-state index is 6.11. The van der Waals surface area contributed by atoms with Crippen molar-refractivity contribution in [2.24, 2.45) is 5.84 Å². The number of hydrogen-bond donors (Lipinski definition) is 2. The van der Waals surface area contributed by atoms with Crippen molar-refractivity contribution in [1.82, 2.24) is 5.43 Å². The minimum absolute atomic E-state index is 0.571. The van der Waals surface area contributed by atoms with Gasteiger partial charge in [0, 0.05) is 11.9 Å². The number of rotatable bonds is 2. The summed E-state index contributed by atoms with van der Waals surface area (Å²) < 4.78 is 0. The molecular weight excluding hydrogens is 231 g/mol. The molecule has 0 atom stereocenters. The van der Waals surface area contributed by atoms with E-state index in [1.807, 2.05) is 24.3 Å². The lowest BCUT2D eigenvalue weighted by molar-refractivity contribution is 0.742. The zero-order valence-corrected chi connectivity index (χ0v) is 9.44. The van der Waals surface area contributed by atoms with Crippen molar-refractivity contribution in [2.75, 3.05) is 0 Å². The second-order valence-corrected chi connectivity index (χ2v) is 4.08. The Balaban J connectivity index is 2.63. The molecule has 0 spiro atoms. The topological polar surface area (TPSA) is 38.0 Å². The highest BCUT2D eigenvalue weighted by atomic mass is 35.5. The van der Waals surface area contributed by atoms with Crippen LogP contribution in [0.15, 0.2) is 30.3 Å². The molecule has 15 heavy (non-hydrogen) atoms. The van der Waals surface area contributed by atoms with Crippen LogP contribution in [0.5, 0.6) is 0 Å². The average molecular weight is 241 g/mol. The number of benzene rings is 2. The Kier molecular flexibility index (Phi) is 3.12. The summed E-state index contributed by atoms with van der Waals surface area (Å²) in [7, 11) is 0. The van der Waals surface area contributed by atoms with Gasteiger partial charge in [-0.3, -0.25) is 11.3 Å². The van der Waals surface area contributed by atoms with Gasteiger partial charge < -0.3 is 0 Å². The largest absolute Gasteiger partial charge is 0.271 e. The van der Waals surface area contributed by atoms with E-state index in [1.165, 1.54) is 0 Å². The molecule has 0 fully saturated rings. The summed E-state index contributed by atoms with van der Waals surface area (Å²) in [6.07, 6.45) is 0. The first-order valence-corrected chi connectivity index (χ1v) is 5.28. The Morgan fingerprint density at radius 2 is 1.87 bits per heavy atom. The summed E-state index contributed by atoms with van der Waals surface area (Å²) in [5, 5.41) is 3.19. The van der Waals surface area contributed by atoms with Gasteiger partial charge in [0.2, 0.25) is 0 Å². The molecule has 2 rings (SSSR count). The first-order chi connectivity index (χ1) is 7.22. The van der Waals surface area contributed by atoms with Crippen LogP contribution in [0.3, 0.4) is 0 Å². The molecule has 3 N–H and O–H groups in total. The van der Waals surface area contributed by atoms with Gasteiger partial charge in [-0.1, -0.05) is 41.4 Å². The lowest BCUT2D eigenvalue weighted by atomic mass is 10.1. The van der Waals surface area contributed by atoms with Crippen LogP contribution in [-0.2, 0) is 6.54 Å². The summed E-state index contributed by atoms with van der Waals surface area (Å²) in [5.74, 6) is 5.26. The molecule has 0 heterocycles. The summed E-state index contributed by atoms with van der Waals surface area (Å²) in [6.45, 7) is 0.610. The number of nitrogens with one attached hydrogen (secondary N) is 1. The Bertz CT molecular complexity index is 497. The van der Waals surface area contributed by atoms with Gasteiger partial charge in [0.25, 0.3) is 0 Å². The molecule has 0 radical (unpaired) electrons. The molecule has 0 bridgehead atoms. The number of nitrogens with two attached hydrogens (primary N) is 1. The minimum atomic E-state index is 0.571. The fraction of sp³-hybridized carbons (Fsp3) is 0.0909. The van der Waals surface area contributed by atoms with E-state index in [9.17, 15) is 0 Å². The first-order valence-electron chi connectivity index (χ1n) is 4.52. The maximum Gasteiger partial charge on any atom is 0.0670 e. The van der Waals surface area contributed by atoms with Gasteiger partial charge in [0.1, 0.15) is 0 Å². The quantitative estimate of drug-likeness (QED) is 0.626. The number of halogens is 2. The zero-order chi connectivity index (χ0) is 10.8. The van der Waals surface area contributed by atoms with E-state index in [0.29, 0.717) is 16.6 Å². The number of hydrogen-bond acceptors (Lipinski definition) is 2. The molecule has 4 heteroatoms. The lowest BCUT2D eigenvalue weighted by Crippen LogP contribution is -2.20. The van der Waals surface area contributed by atoms with Gasteiger partial charge in [0.15, 0.2) is 0 Å². The molecule has 0 aliphatic heterocycles. The van der Waals surface area contributed by atoms with Crippen molar-refractivity contribution in [3.63, 3.8) is 0 Å². The monoisotopic (exact) mass is 240 g/mol. The SMILES string of the molecule is NNCc1ccc2ccc(Cl)c(Cl)c2c1. The van der Waals surface area contributed by atoms with Crippen LogP contribution in [-0.4, -0.2) is 0 Å². The van der Waals surface area contributed by atoms with E-state index in [2.05, 4.69) is 5.43 Å². The predicted molar refractivity (Wildman–Crippen MR) is 65.0 cm³/mol. The second kappa shape index (κ2) is 4.37. The fourth-order valence-electron chi connectivity index (χ4n) is 1.53. The molecule has 0 aliphatic rings. The zero-order valence-electron chi connectivity index (χ0n) is 7.93. The van der Waals surface area contributed by atoms with E-state index < -0.39 is 0 Å². The van der Waals surface area contributed by atoms with Crippen LogP contribution in [0.1, 0.15) is 5.56 Å². The third-order valence-corrected chi connectivity index (χ3v) is 3.10. The molecule has 2 aromatic carbocycles. The van der Waals surface area contributed by atoms with E-state index in [-0.39, 0.29) is 0 Å². The summed E-state index contributed by atoms with van der Waals surface area (Å²) in [5.41, 5.74) is 3.68. The van der Waals surface area contributed by atoms with Gasteiger partial charge in [-0.25, -0.2) is 0 Å². The molecule has 78 valence electrons. The smallest absolute Gasteiger partial charge is 0.0670 e. The Morgan fingerprint density at radius 1 is 1.13 bits per heavy atom. The van der Waals surface area contributed by atoms with Gasteiger partial charge in [-0.15, -0.1) is 0 Å². The van der Waals surface area contributed by atoms with Crippen molar-refractivity contribution in [2.45, 2.75) is 6.54 Å². The number of fused-ring (bicyclic) bond motifs is 1. The molecule has 0 saturated carbocycles. The van der Waals surface area contributed by atoms with Crippen molar-refractivity contribution in [3.05, 3.63) is 45.9 Å². The van der Waals surface area contributed by atoms with Crippen molar-refractivity contribution in [1.29, 1.82) is 0 Å². The lowest BCUT2D eigenvalue weighted by Gasteiger charge is -2.05. The summed E-state index contributed by atoms with van der Waals surface area (Å²) in [4.78, 5) is 0. The van der Waals surface area contributed by atoms with E-state index in [0.717, 1.165) is 16.3 Å². The normalized spacial score (nSPS) is 10.9. The van der Waals surface area contributed by atoms with Gasteiger partial charge >= 0.3 is 0 Å². The van der Waals surface area contributed by atoms with E-state index >= 15 is 0 Å². The first kappa shape index (κ1) is 10.7. The van der Waals surface area contributed by atoms with Crippen LogP contribution in [0.25, 0.3) is 10.8 Å². The third kappa shape index (κ3) is 2.08. The van der Waals surface area contributed by atoms with Crippen LogP contribution < -0.4 is 11.3 Å². The molecule has 0 aromatic heterocycles. The van der Waals surface area contributed by atoms with Gasteiger partial charge in [0.05, 0.1) is 10.0 Å². The predicted octanol–water partition coefficient (Wildman–Crippen LogP) is 3.11. The highest BCUT2D eigenvalue weighted by Crippen LogP contribution is 2.31. The summed E-state index contributed by atoms with van der Waals surface area (Å²) >= 11 is 12.1. The Morgan fingerprint density at radius 3 is 2.60 bits per heavy atom. The van der Waals surface area contributed by atoms with Crippen molar-refractivity contribution >= 4 is 34.0 Å². The van der Waals surface area contributed by atoms with Crippen LogP contribution in [0, 0.1) is 0 Å². The molecule has 2 aromatic rings. The standard InChI is InChI=1S/C11H10Cl2N2/c12-10-4-3-8-2-1-7(6-15-14)5-9(8)11(10)13/h1-5,15H,6,14H2. The second-order valence-electron chi connectivity index (χ2n) is 3.30. The van der Waals surface area contributed by atoms with Crippen LogP contribution in [0.2, 0.25) is 10.0 Å².